The van der Waals surface area contributed by atoms with E-state index in [9.17, 15) is 28.0 Å². The highest BCUT2D eigenvalue weighted by atomic mass is 35.5. The maximum atomic E-state index is 13.0. The molecular weight excluding hydrogens is 477 g/mol. The summed E-state index contributed by atoms with van der Waals surface area (Å²) in [4.78, 5) is 29.2. The van der Waals surface area contributed by atoms with Crippen LogP contribution in [0.15, 0.2) is 46.2 Å². The van der Waals surface area contributed by atoms with Crippen LogP contribution in [0.5, 0.6) is 11.5 Å². The summed E-state index contributed by atoms with van der Waals surface area (Å²) in [5.41, 5.74) is -2.35. The molecule has 0 aliphatic heterocycles. The number of hydrogen-bond acceptors (Lipinski definition) is 6. The first kappa shape index (κ1) is 24.9. The minimum Gasteiger partial charge on any atom is -0.493 e. The van der Waals surface area contributed by atoms with Gasteiger partial charge in [-0.25, -0.2) is 4.79 Å². The Kier molecular flexibility index (Phi) is 7.32. The fourth-order valence-corrected chi connectivity index (χ4v) is 3.43. The van der Waals surface area contributed by atoms with Crippen molar-refractivity contribution in [1.29, 1.82) is 5.26 Å². The highest BCUT2D eigenvalue weighted by Gasteiger charge is 2.31. The lowest BCUT2D eigenvalue weighted by atomic mass is 10.1. The molecule has 0 unspecified atom stereocenters. The second kappa shape index (κ2) is 10.0. The number of ether oxygens (including phenoxy) is 2. The SMILES string of the molecule is COc1ccc(CCn2cc(C#N)c(=O)n(Cc3ncc(C(F)(F)F)cc3Cl)c2=O)cc1OC. The van der Waals surface area contributed by atoms with Crippen molar-refractivity contribution in [3.63, 3.8) is 0 Å². The van der Waals surface area contributed by atoms with Gasteiger partial charge in [0.2, 0.25) is 0 Å². The van der Waals surface area contributed by atoms with Crippen LogP contribution >= 0.6 is 11.6 Å². The maximum absolute atomic E-state index is 13.0. The van der Waals surface area contributed by atoms with Crippen molar-refractivity contribution in [2.24, 2.45) is 0 Å². The maximum Gasteiger partial charge on any atom is 0.417 e. The molecule has 0 amide bonds. The molecule has 178 valence electrons. The van der Waals surface area contributed by atoms with Gasteiger partial charge in [0.05, 0.1) is 37.0 Å². The standard InChI is InChI=1S/C22H18ClF3N4O4/c1-33-18-4-3-13(7-19(18)34-2)5-6-29-11-14(9-27)20(31)30(21(29)32)12-17-16(23)8-15(10-28-17)22(24,25)26/h3-4,7-8,10-11H,5-6,12H2,1-2H3. The summed E-state index contributed by atoms with van der Waals surface area (Å²) in [6.45, 7) is -0.391. The van der Waals surface area contributed by atoms with Crippen LogP contribution < -0.4 is 20.7 Å². The molecule has 8 nitrogen and oxygen atoms in total. The van der Waals surface area contributed by atoms with E-state index in [1.165, 1.54) is 18.8 Å². The molecule has 0 atom stereocenters. The predicted octanol–water partition coefficient (Wildman–Crippen LogP) is 3.26. The summed E-state index contributed by atoms with van der Waals surface area (Å²) in [6.07, 6.45) is -2.59. The summed E-state index contributed by atoms with van der Waals surface area (Å²) in [7, 11) is 2.99. The monoisotopic (exact) mass is 494 g/mol. The number of aromatic nitrogens is 3. The number of methoxy groups -OCH3 is 2. The summed E-state index contributed by atoms with van der Waals surface area (Å²) in [5, 5.41) is 8.98. The van der Waals surface area contributed by atoms with Crippen LogP contribution in [0, 0.1) is 11.3 Å². The average molecular weight is 495 g/mol. The molecule has 0 spiro atoms. The van der Waals surface area contributed by atoms with Gasteiger partial charge in [-0.2, -0.15) is 18.4 Å². The molecule has 0 aliphatic carbocycles. The van der Waals surface area contributed by atoms with Crippen molar-refractivity contribution in [2.45, 2.75) is 25.7 Å². The number of nitriles is 1. The summed E-state index contributed by atoms with van der Waals surface area (Å²) in [6, 6.07) is 7.61. The van der Waals surface area contributed by atoms with Crippen LogP contribution in [0.3, 0.4) is 0 Å². The minimum absolute atomic E-state index is 0.109. The van der Waals surface area contributed by atoms with Crippen LogP contribution in [0.2, 0.25) is 5.02 Å². The van der Waals surface area contributed by atoms with Crippen LogP contribution in [0.25, 0.3) is 0 Å². The molecule has 0 bridgehead atoms. The summed E-state index contributed by atoms with van der Waals surface area (Å²) in [5.74, 6) is 1.03. The zero-order valence-electron chi connectivity index (χ0n) is 18.0. The largest absolute Gasteiger partial charge is 0.493 e. The molecule has 0 saturated carbocycles. The van der Waals surface area contributed by atoms with Crippen molar-refractivity contribution in [3.8, 4) is 17.6 Å². The second-order valence-electron chi connectivity index (χ2n) is 7.11. The van der Waals surface area contributed by atoms with Crippen LogP contribution in [-0.2, 0) is 25.7 Å². The number of alkyl halides is 3. The smallest absolute Gasteiger partial charge is 0.417 e. The predicted molar refractivity (Wildman–Crippen MR) is 116 cm³/mol. The Morgan fingerprint density at radius 3 is 2.44 bits per heavy atom. The fourth-order valence-electron chi connectivity index (χ4n) is 3.20. The molecule has 0 aliphatic rings. The number of nitrogens with zero attached hydrogens (tertiary/aromatic N) is 4. The number of aryl methyl sites for hydroxylation is 2. The zero-order chi connectivity index (χ0) is 25.0. The molecule has 34 heavy (non-hydrogen) atoms. The Morgan fingerprint density at radius 2 is 1.85 bits per heavy atom. The average Bonchev–Trinajstić information content (AvgIpc) is 2.81. The first-order chi connectivity index (χ1) is 16.1. The highest BCUT2D eigenvalue weighted by Crippen LogP contribution is 2.31. The van der Waals surface area contributed by atoms with E-state index >= 15 is 0 Å². The van der Waals surface area contributed by atoms with Gasteiger partial charge in [0.1, 0.15) is 11.6 Å². The molecule has 2 aromatic heterocycles. The van der Waals surface area contributed by atoms with Crippen LogP contribution in [0.1, 0.15) is 22.4 Å². The first-order valence-corrected chi connectivity index (χ1v) is 10.1. The molecule has 0 saturated heterocycles. The van der Waals surface area contributed by atoms with Gasteiger partial charge < -0.3 is 9.47 Å². The van der Waals surface area contributed by atoms with Gasteiger partial charge in [0, 0.05) is 18.9 Å². The van der Waals surface area contributed by atoms with Gasteiger partial charge in [-0.05, 0) is 30.2 Å². The van der Waals surface area contributed by atoms with Crippen molar-refractivity contribution in [2.75, 3.05) is 14.2 Å². The van der Waals surface area contributed by atoms with E-state index in [0.717, 1.165) is 11.8 Å². The number of halogens is 4. The van der Waals surface area contributed by atoms with Gasteiger partial charge >= 0.3 is 11.9 Å². The van der Waals surface area contributed by atoms with Crippen molar-refractivity contribution in [1.82, 2.24) is 14.1 Å². The van der Waals surface area contributed by atoms with E-state index < -0.39 is 29.5 Å². The van der Waals surface area contributed by atoms with E-state index in [-0.39, 0.29) is 22.8 Å². The third-order valence-corrected chi connectivity index (χ3v) is 5.33. The Morgan fingerprint density at radius 1 is 1.15 bits per heavy atom. The van der Waals surface area contributed by atoms with Crippen molar-refractivity contribution >= 4 is 11.6 Å². The lowest BCUT2D eigenvalue weighted by molar-refractivity contribution is -0.137. The van der Waals surface area contributed by atoms with E-state index in [1.54, 1.807) is 24.3 Å². The molecular formula is C22H18ClF3N4O4. The molecule has 12 heteroatoms. The first-order valence-electron chi connectivity index (χ1n) is 9.76. The van der Waals surface area contributed by atoms with Crippen LogP contribution in [-0.4, -0.2) is 28.3 Å². The van der Waals surface area contributed by atoms with Gasteiger partial charge in [0.25, 0.3) is 5.56 Å². The van der Waals surface area contributed by atoms with Gasteiger partial charge in [-0.15, -0.1) is 0 Å². The van der Waals surface area contributed by atoms with Crippen molar-refractivity contribution < 1.29 is 22.6 Å². The molecule has 2 heterocycles. The number of benzene rings is 1. The number of hydrogen-bond donors (Lipinski definition) is 0. The van der Waals surface area contributed by atoms with E-state index in [2.05, 4.69) is 4.98 Å². The molecule has 0 N–H and O–H groups in total. The Balaban J connectivity index is 1.94. The zero-order valence-corrected chi connectivity index (χ0v) is 18.8. The molecule has 3 rings (SSSR count). The highest BCUT2D eigenvalue weighted by molar-refractivity contribution is 6.31. The fraction of sp³-hybridized carbons (Fsp3) is 0.273. The third kappa shape index (κ3) is 5.23. The molecule has 0 fully saturated rings. The molecule has 0 radical (unpaired) electrons. The van der Waals surface area contributed by atoms with Gasteiger partial charge in [0.15, 0.2) is 11.5 Å². The van der Waals surface area contributed by atoms with E-state index in [0.29, 0.717) is 34.8 Å². The van der Waals surface area contributed by atoms with Gasteiger partial charge in [-0.1, -0.05) is 17.7 Å². The second-order valence-corrected chi connectivity index (χ2v) is 7.52. The van der Waals surface area contributed by atoms with Gasteiger partial charge in [-0.3, -0.25) is 18.9 Å². The summed E-state index contributed by atoms with van der Waals surface area (Å²) >= 11 is 5.92. The van der Waals surface area contributed by atoms with Crippen molar-refractivity contribution in [3.05, 3.63) is 84.9 Å². The quantitative estimate of drug-likeness (QED) is 0.500. The number of rotatable bonds is 7. The van der Waals surface area contributed by atoms with E-state index in [4.69, 9.17) is 21.1 Å². The molecule has 1 aromatic carbocycles. The third-order valence-electron chi connectivity index (χ3n) is 5.00. The number of pyridine rings is 1. The topological polar surface area (TPSA) is 99.1 Å². The lowest BCUT2D eigenvalue weighted by Crippen LogP contribution is -2.41. The normalized spacial score (nSPS) is 11.2. The summed E-state index contributed by atoms with van der Waals surface area (Å²) < 4.78 is 50.9. The lowest BCUT2D eigenvalue weighted by Gasteiger charge is -2.13. The van der Waals surface area contributed by atoms with E-state index in [1.807, 2.05) is 0 Å². The minimum atomic E-state index is -4.65. The Bertz CT molecular complexity index is 1380. The Hall–Kier alpha value is -3.78. The Labute approximate surface area is 196 Å². The molecule has 3 aromatic rings. The van der Waals surface area contributed by atoms with Crippen LogP contribution in [0.4, 0.5) is 13.2 Å².